The Morgan fingerprint density at radius 3 is 2.76 bits per heavy atom. The molecular weight excluding hydrogens is 258 g/mol. The number of hydrogen-bond donors (Lipinski definition) is 1. The zero-order valence-corrected chi connectivity index (χ0v) is 13.5. The molecule has 0 bridgehead atoms. The molecule has 0 radical (unpaired) electrons. The average Bonchev–Trinajstić information content (AvgIpc) is 2.93. The van der Waals surface area contributed by atoms with E-state index in [0.29, 0.717) is 6.04 Å². The molecule has 3 nitrogen and oxygen atoms in total. The summed E-state index contributed by atoms with van der Waals surface area (Å²) in [6.45, 7) is 8.86. The first-order valence-electron chi connectivity index (χ1n) is 7.61. The lowest BCUT2D eigenvalue weighted by molar-refractivity contribution is 0.404. The standard InChI is InChI=1S/C18H23N3/c1-6-14-7-11(2)13(4)21(5)18(14)15-8-12(3)17-16(9-15)10-19-20-17/h7-10,13H,6H2,1-5H3,(H,19,20). The van der Waals surface area contributed by atoms with Crippen molar-refractivity contribution in [2.45, 2.75) is 40.2 Å². The van der Waals surface area contributed by atoms with E-state index in [1.165, 1.54) is 33.4 Å². The topological polar surface area (TPSA) is 31.9 Å². The number of H-pyrrole nitrogens is 1. The van der Waals surface area contributed by atoms with Gasteiger partial charge >= 0.3 is 0 Å². The van der Waals surface area contributed by atoms with Crippen LogP contribution in [-0.4, -0.2) is 28.2 Å². The van der Waals surface area contributed by atoms with E-state index in [4.69, 9.17) is 0 Å². The number of allylic oxidation sites excluding steroid dienone is 2. The molecule has 0 saturated heterocycles. The van der Waals surface area contributed by atoms with Crippen LogP contribution in [0.2, 0.25) is 0 Å². The molecule has 0 spiro atoms. The highest BCUT2D eigenvalue weighted by molar-refractivity contribution is 5.86. The van der Waals surface area contributed by atoms with Crippen molar-refractivity contribution in [2.75, 3.05) is 7.05 Å². The van der Waals surface area contributed by atoms with Gasteiger partial charge in [0.1, 0.15) is 0 Å². The first-order valence-corrected chi connectivity index (χ1v) is 7.61. The van der Waals surface area contributed by atoms with E-state index in [-0.39, 0.29) is 0 Å². The highest BCUT2D eigenvalue weighted by Gasteiger charge is 2.23. The second kappa shape index (κ2) is 5.06. The van der Waals surface area contributed by atoms with Gasteiger partial charge in [-0.3, -0.25) is 5.10 Å². The molecule has 3 heteroatoms. The zero-order valence-electron chi connectivity index (χ0n) is 13.5. The number of rotatable bonds is 2. The average molecular weight is 281 g/mol. The summed E-state index contributed by atoms with van der Waals surface area (Å²) < 4.78 is 0. The Morgan fingerprint density at radius 1 is 1.29 bits per heavy atom. The first-order chi connectivity index (χ1) is 10.0. The van der Waals surface area contributed by atoms with Gasteiger partial charge in [0.25, 0.3) is 0 Å². The van der Waals surface area contributed by atoms with Gasteiger partial charge < -0.3 is 4.90 Å². The summed E-state index contributed by atoms with van der Waals surface area (Å²) in [5.74, 6) is 0. The summed E-state index contributed by atoms with van der Waals surface area (Å²) in [6.07, 6.45) is 5.31. The van der Waals surface area contributed by atoms with Crippen LogP contribution < -0.4 is 0 Å². The summed E-state index contributed by atoms with van der Waals surface area (Å²) in [7, 11) is 2.20. The molecule has 1 aromatic carbocycles. The molecule has 110 valence electrons. The second-order valence-electron chi connectivity index (χ2n) is 6.03. The smallest absolute Gasteiger partial charge is 0.0679 e. The van der Waals surface area contributed by atoms with Crippen molar-refractivity contribution in [2.24, 2.45) is 0 Å². The fourth-order valence-electron chi connectivity index (χ4n) is 3.22. The molecule has 1 unspecified atom stereocenters. The van der Waals surface area contributed by atoms with Crippen molar-refractivity contribution >= 4 is 16.6 Å². The van der Waals surface area contributed by atoms with Crippen LogP contribution in [0, 0.1) is 6.92 Å². The minimum absolute atomic E-state index is 0.440. The minimum atomic E-state index is 0.440. The normalized spacial score (nSPS) is 19.4. The van der Waals surface area contributed by atoms with Gasteiger partial charge in [0.05, 0.1) is 11.7 Å². The summed E-state index contributed by atoms with van der Waals surface area (Å²) >= 11 is 0. The summed E-state index contributed by atoms with van der Waals surface area (Å²) in [5.41, 5.74) is 7.86. The summed E-state index contributed by atoms with van der Waals surface area (Å²) in [6, 6.07) is 4.95. The molecule has 1 N–H and O–H groups in total. The van der Waals surface area contributed by atoms with Crippen molar-refractivity contribution < 1.29 is 0 Å². The van der Waals surface area contributed by atoms with Crippen molar-refractivity contribution in [1.29, 1.82) is 0 Å². The minimum Gasteiger partial charge on any atom is -0.367 e. The highest BCUT2D eigenvalue weighted by atomic mass is 15.1. The van der Waals surface area contributed by atoms with Crippen LogP contribution >= 0.6 is 0 Å². The predicted molar refractivity (Wildman–Crippen MR) is 89.0 cm³/mol. The number of nitrogens with one attached hydrogen (secondary N) is 1. The number of fused-ring (bicyclic) bond motifs is 1. The number of aromatic nitrogens is 2. The third-order valence-electron chi connectivity index (χ3n) is 4.70. The SMILES string of the molecule is CCC1=C(c2cc(C)c3[nH]ncc3c2)N(C)C(C)C(C)=C1. The molecule has 1 aliphatic rings. The Hall–Kier alpha value is -2.03. The Labute approximate surface area is 126 Å². The second-order valence-corrected chi connectivity index (χ2v) is 6.03. The molecule has 0 fully saturated rings. The molecule has 0 aliphatic carbocycles. The van der Waals surface area contributed by atoms with E-state index in [9.17, 15) is 0 Å². The third-order valence-corrected chi connectivity index (χ3v) is 4.70. The number of aromatic amines is 1. The van der Waals surface area contributed by atoms with Gasteiger partial charge in [-0.05, 0) is 56.0 Å². The van der Waals surface area contributed by atoms with Crippen LogP contribution in [0.4, 0.5) is 0 Å². The van der Waals surface area contributed by atoms with E-state index in [1.807, 2.05) is 6.20 Å². The van der Waals surface area contributed by atoms with Crippen LogP contribution in [-0.2, 0) is 0 Å². The van der Waals surface area contributed by atoms with E-state index >= 15 is 0 Å². The lowest BCUT2D eigenvalue weighted by Gasteiger charge is -2.36. The molecule has 0 saturated carbocycles. The molecular formula is C18H23N3. The molecule has 0 amide bonds. The molecule has 21 heavy (non-hydrogen) atoms. The van der Waals surface area contributed by atoms with Crippen molar-refractivity contribution in [3.05, 3.63) is 46.7 Å². The number of aryl methyl sites for hydroxylation is 1. The Balaban J connectivity index is 2.23. The maximum absolute atomic E-state index is 4.17. The van der Waals surface area contributed by atoms with Crippen molar-refractivity contribution in [3.63, 3.8) is 0 Å². The maximum atomic E-state index is 4.17. The molecule has 1 aromatic heterocycles. The molecule has 1 atom stereocenters. The van der Waals surface area contributed by atoms with Gasteiger partial charge in [-0.2, -0.15) is 5.10 Å². The highest BCUT2D eigenvalue weighted by Crippen LogP contribution is 2.34. The number of nitrogens with zero attached hydrogens (tertiary/aromatic N) is 2. The van der Waals surface area contributed by atoms with Gasteiger partial charge in [-0.25, -0.2) is 0 Å². The lowest BCUT2D eigenvalue weighted by atomic mass is 9.92. The van der Waals surface area contributed by atoms with E-state index in [0.717, 1.165) is 11.9 Å². The van der Waals surface area contributed by atoms with Gasteiger partial charge in [-0.1, -0.05) is 18.6 Å². The van der Waals surface area contributed by atoms with Gasteiger partial charge in [0.15, 0.2) is 0 Å². The largest absolute Gasteiger partial charge is 0.367 e. The Bertz CT molecular complexity index is 749. The van der Waals surface area contributed by atoms with Crippen LogP contribution in [0.5, 0.6) is 0 Å². The monoisotopic (exact) mass is 281 g/mol. The molecule has 1 aliphatic heterocycles. The fourth-order valence-corrected chi connectivity index (χ4v) is 3.22. The van der Waals surface area contributed by atoms with Crippen LogP contribution in [0.25, 0.3) is 16.6 Å². The fraction of sp³-hybridized carbons (Fsp3) is 0.389. The van der Waals surface area contributed by atoms with Crippen LogP contribution in [0.15, 0.2) is 35.6 Å². The number of likely N-dealkylation sites (N-methyl/N-ethyl adjacent to an activating group) is 1. The quantitative estimate of drug-likeness (QED) is 0.891. The first kappa shape index (κ1) is 13.9. The number of benzene rings is 1. The van der Waals surface area contributed by atoms with E-state index in [2.05, 4.69) is 68.0 Å². The van der Waals surface area contributed by atoms with E-state index < -0.39 is 0 Å². The van der Waals surface area contributed by atoms with Gasteiger partial charge in [-0.15, -0.1) is 0 Å². The van der Waals surface area contributed by atoms with Crippen molar-refractivity contribution in [1.82, 2.24) is 15.1 Å². The zero-order chi connectivity index (χ0) is 15.1. The van der Waals surface area contributed by atoms with Gasteiger partial charge in [0, 0.05) is 24.2 Å². The number of hydrogen-bond acceptors (Lipinski definition) is 2. The predicted octanol–water partition coefficient (Wildman–Crippen LogP) is 4.27. The maximum Gasteiger partial charge on any atom is 0.0679 e. The van der Waals surface area contributed by atoms with Crippen LogP contribution in [0.3, 0.4) is 0 Å². The van der Waals surface area contributed by atoms with E-state index in [1.54, 1.807) is 0 Å². The van der Waals surface area contributed by atoms with Crippen LogP contribution in [0.1, 0.15) is 38.3 Å². The summed E-state index contributed by atoms with van der Waals surface area (Å²) in [4.78, 5) is 2.40. The summed E-state index contributed by atoms with van der Waals surface area (Å²) in [5, 5.41) is 8.43. The van der Waals surface area contributed by atoms with Crippen molar-refractivity contribution in [3.8, 4) is 0 Å². The Morgan fingerprint density at radius 2 is 2.05 bits per heavy atom. The molecule has 3 rings (SSSR count). The Kier molecular flexibility index (Phi) is 3.36. The molecule has 2 heterocycles. The van der Waals surface area contributed by atoms with Gasteiger partial charge in [0.2, 0.25) is 0 Å². The lowest BCUT2D eigenvalue weighted by Crippen LogP contribution is -2.32. The third kappa shape index (κ3) is 2.17. The molecule has 2 aromatic rings.